The molecule has 0 aliphatic carbocycles. The van der Waals surface area contributed by atoms with E-state index in [1.807, 2.05) is 0 Å². The Labute approximate surface area is 82.2 Å². The molecule has 0 atom stereocenters. The molecule has 13 heavy (non-hydrogen) atoms. The van der Waals surface area contributed by atoms with E-state index in [4.69, 9.17) is 0 Å². The van der Waals surface area contributed by atoms with Gasteiger partial charge in [-0.05, 0) is 34.1 Å². The highest BCUT2D eigenvalue weighted by Gasteiger charge is 2.05. The van der Waals surface area contributed by atoms with Crippen LogP contribution < -0.4 is 0 Å². The first-order valence-corrected chi connectivity index (χ1v) is 4.21. The van der Waals surface area contributed by atoms with Gasteiger partial charge in [0.25, 0.3) is 0 Å². The first-order chi connectivity index (χ1) is 6.15. The van der Waals surface area contributed by atoms with Gasteiger partial charge in [0.2, 0.25) is 0 Å². The van der Waals surface area contributed by atoms with E-state index in [-0.39, 0.29) is 10.0 Å². The van der Waals surface area contributed by atoms with Gasteiger partial charge in [-0.3, -0.25) is 4.79 Å². The van der Waals surface area contributed by atoms with Gasteiger partial charge < -0.3 is 0 Å². The highest BCUT2D eigenvalue weighted by Crippen LogP contribution is 2.22. The molecule has 1 aromatic carbocycles. The van der Waals surface area contributed by atoms with Crippen molar-refractivity contribution in [2.24, 2.45) is 0 Å². The van der Waals surface area contributed by atoms with Crippen molar-refractivity contribution in [1.82, 2.24) is 0 Å². The van der Waals surface area contributed by atoms with E-state index in [2.05, 4.69) is 15.9 Å². The molecule has 1 aromatic rings. The molecule has 1 nitrogen and oxygen atoms in total. The molecule has 0 amide bonds. The fourth-order valence-corrected chi connectivity index (χ4v) is 1.39. The van der Waals surface area contributed by atoms with Crippen LogP contribution in [0.1, 0.15) is 5.56 Å². The second-order valence-electron chi connectivity index (χ2n) is 2.28. The quantitative estimate of drug-likeness (QED) is 0.580. The van der Waals surface area contributed by atoms with Crippen LogP contribution in [0.25, 0.3) is 6.08 Å². The second-order valence-corrected chi connectivity index (χ2v) is 3.13. The Morgan fingerprint density at radius 1 is 1.31 bits per heavy atom. The topological polar surface area (TPSA) is 17.1 Å². The number of carbonyl (C=O) groups excluding carboxylic acids is 1. The van der Waals surface area contributed by atoms with Crippen molar-refractivity contribution in [3.05, 3.63) is 39.9 Å². The first-order valence-electron chi connectivity index (χ1n) is 3.41. The lowest BCUT2D eigenvalue weighted by atomic mass is 10.2. The average Bonchev–Trinajstić information content (AvgIpc) is 2.02. The number of allylic oxidation sites excluding steroid dienone is 1. The summed E-state index contributed by atoms with van der Waals surface area (Å²) in [6, 6.07) is 1.89. The minimum Gasteiger partial charge on any atom is -0.299 e. The summed E-state index contributed by atoms with van der Waals surface area (Å²) in [4.78, 5) is 9.97. The Morgan fingerprint density at radius 3 is 2.54 bits per heavy atom. The van der Waals surface area contributed by atoms with Crippen LogP contribution in [-0.4, -0.2) is 6.29 Å². The predicted octanol–water partition coefficient (Wildman–Crippen LogP) is 2.94. The van der Waals surface area contributed by atoms with E-state index in [1.165, 1.54) is 6.08 Å². The first kappa shape index (κ1) is 10.1. The van der Waals surface area contributed by atoms with Crippen LogP contribution in [0.5, 0.6) is 0 Å². The lowest BCUT2D eigenvalue weighted by Crippen LogP contribution is -1.86. The zero-order valence-corrected chi connectivity index (χ0v) is 8.01. The molecule has 0 aliphatic heterocycles. The summed E-state index contributed by atoms with van der Waals surface area (Å²) in [5, 5.41) is 0. The summed E-state index contributed by atoms with van der Waals surface area (Å²) >= 11 is 2.98. The third kappa shape index (κ3) is 2.45. The second kappa shape index (κ2) is 4.28. The van der Waals surface area contributed by atoms with Crippen molar-refractivity contribution in [2.75, 3.05) is 0 Å². The van der Waals surface area contributed by atoms with Crippen molar-refractivity contribution in [1.29, 1.82) is 0 Å². The largest absolute Gasteiger partial charge is 0.299 e. The number of aldehydes is 1. The van der Waals surface area contributed by atoms with Crippen molar-refractivity contribution >= 4 is 28.3 Å². The smallest absolute Gasteiger partial charge is 0.142 e. The van der Waals surface area contributed by atoms with E-state index < -0.39 is 11.6 Å². The van der Waals surface area contributed by atoms with Crippen molar-refractivity contribution in [3.8, 4) is 0 Å². The fraction of sp³-hybridized carbons (Fsp3) is 0. The standard InChI is InChI=1S/C9H5BrF2O/c10-8-4-6(11)5-9(12)7(8)2-1-3-13/h1-5H. The molecule has 0 aliphatic rings. The predicted molar refractivity (Wildman–Crippen MR) is 49.2 cm³/mol. The summed E-state index contributed by atoms with van der Waals surface area (Å²) in [6.45, 7) is 0. The van der Waals surface area contributed by atoms with Gasteiger partial charge in [0.15, 0.2) is 0 Å². The van der Waals surface area contributed by atoms with E-state index in [9.17, 15) is 13.6 Å². The Bertz CT molecular complexity index is 338. The molecule has 4 heteroatoms. The third-order valence-corrected chi connectivity index (χ3v) is 2.04. The summed E-state index contributed by atoms with van der Waals surface area (Å²) in [7, 11) is 0. The van der Waals surface area contributed by atoms with Gasteiger partial charge in [-0.1, -0.05) is 0 Å². The Morgan fingerprint density at radius 2 is 2.00 bits per heavy atom. The zero-order chi connectivity index (χ0) is 9.84. The summed E-state index contributed by atoms with van der Waals surface area (Å²) in [5.41, 5.74) is 0.161. The molecule has 0 unspecified atom stereocenters. The molecule has 0 aromatic heterocycles. The zero-order valence-electron chi connectivity index (χ0n) is 6.43. The van der Waals surface area contributed by atoms with E-state index in [1.54, 1.807) is 0 Å². The van der Waals surface area contributed by atoms with Crippen LogP contribution in [0, 0.1) is 11.6 Å². The number of hydrogen-bond donors (Lipinski definition) is 0. The summed E-state index contributed by atoms with van der Waals surface area (Å²) < 4.78 is 25.8. The fourth-order valence-electron chi connectivity index (χ4n) is 0.848. The van der Waals surface area contributed by atoms with Crippen molar-refractivity contribution < 1.29 is 13.6 Å². The minimum absolute atomic E-state index is 0.161. The maximum absolute atomic E-state index is 13.0. The summed E-state index contributed by atoms with van der Waals surface area (Å²) in [6.07, 6.45) is 2.93. The number of hydrogen-bond acceptors (Lipinski definition) is 1. The number of carbonyl (C=O) groups is 1. The van der Waals surface area contributed by atoms with Gasteiger partial charge >= 0.3 is 0 Å². The van der Waals surface area contributed by atoms with Gasteiger partial charge in [0, 0.05) is 16.1 Å². The van der Waals surface area contributed by atoms with Crippen LogP contribution in [0.3, 0.4) is 0 Å². The van der Waals surface area contributed by atoms with Crippen LogP contribution in [0.15, 0.2) is 22.7 Å². The van der Waals surface area contributed by atoms with Crippen molar-refractivity contribution in [2.45, 2.75) is 0 Å². The van der Waals surface area contributed by atoms with Gasteiger partial charge in [-0.25, -0.2) is 8.78 Å². The number of benzene rings is 1. The molecule has 0 bridgehead atoms. The van der Waals surface area contributed by atoms with Crippen molar-refractivity contribution in [3.63, 3.8) is 0 Å². The molecular formula is C9H5BrF2O. The molecule has 0 radical (unpaired) electrons. The lowest BCUT2D eigenvalue weighted by molar-refractivity contribution is -0.104. The van der Waals surface area contributed by atoms with E-state index in [0.717, 1.165) is 18.2 Å². The highest BCUT2D eigenvalue weighted by atomic mass is 79.9. The SMILES string of the molecule is O=CC=Cc1c(F)cc(F)cc1Br. The molecule has 0 spiro atoms. The minimum atomic E-state index is -0.704. The van der Waals surface area contributed by atoms with Gasteiger partial charge in [0.1, 0.15) is 17.9 Å². The van der Waals surface area contributed by atoms with E-state index >= 15 is 0 Å². The maximum atomic E-state index is 13.0. The van der Waals surface area contributed by atoms with Crippen LogP contribution in [-0.2, 0) is 4.79 Å². The highest BCUT2D eigenvalue weighted by molar-refractivity contribution is 9.10. The molecular weight excluding hydrogens is 242 g/mol. The Kier molecular flexibility index (Phi) is 3.31. The molecule has 68 valence electrons. The number of halogens is 3. The van der Waals surface area contributed by atoms with Gasteiger partial charge in [-0.15, -0.1) is 0 Å². The number of rotatable bonds is 2. The monoisotopic (exact) mass is 246 g/mol. The lowest BCUT2D eigenvalue weighted by Gasteiger charge is -1.99. The molecule has 0 saturated carbocycles. The average molecular weight is 247 g/mol. The molecule has 0 saturated heterocycles. The molecule has 0 N–H and O–H groups in total. The molecule has 0 fully saturated rings. The van der Waals surface area contributed by atoms with Crippen LogP contribution in [0.2, 0.25) is 0 Å². The Balaban J connectivity index is 3.20. The summed E-state index contributed by atoms with van der Waals surface area (Å²) in [5.74, 6) is -1.36. The van der Waals surface area contributed by atoms with Gasteiger partial charge in [0.05, 0.1) is 0 Å². The third-order valence-electron chi connectivity index (χ3n) is 1.39. The maximum Gasteiger partial charge on any atom is 0.142 e. The van der Waals surface area contributed by atoms with Crippen LogP contribution >= 0.6 is 15.9 Å². The molecule has 1 rings (SSSR count). The van der Waals surface area contributed by atoms with Crippen LogP contribution in [0.4, 0.5) is 8.78 Å². The molecule has 0 heterocycles. The normalized spacial score (nSPS) is 10.7. The van der Waals surface area contributed by atoms with E-state index in [0.29, 0.717) is 6.29 Å². The van der Waals surface area contributed by atoms with Gasteiger partial charge in [-0.2, -0.15) is 0 Å². The Hall–Kier alpha value is -1.03.